The molecule has 0 spiro atoms. The van der Waals surface area contributed by atoms with Gasteiger partial charge in [-0.3, -0.25) is 14.4 Å². The molecule has 0 heterocycles. The molecule has 0 N–H and O–H groups in total. The third kappa shape index (κ3) is 39.9. The third-order valence-electron chi connectivity index (χ3n) is 8.74. The molecule has 0 aliphatic rings. The van der Waals surface area contributed by atoms with Gasteiger partial charge in [-0.25, -0.2) is 0 Å². The van der Waals surface area contributed by atoms with Crippen LogP contribution < -0.4 is 0 Å². The molecule has 0 aromatic carbocycles. The minimum absolute atomic E-state index is 0.0980. The first-order chi connectivity index (χ1) is 26.0. The van der Waals surface area contributed by atoms with E-state index in [4.69, 9.17) is 14.2 Å². The summed E-state index contributed by atoms with van der Waals surface area (Å²) in [6.45, 7) is 6.36. The van der Waals surface area contributed by atoms with Gasteiger partial charge in [0.2, 0.25) is 0 Å². The van der Waals surface area contributed by atoms with Crippen LogP contribution in [0.4, 0.5) is 0 Å². The maximum Gasteiger partial charge on any atom is 0.306 e. The second-order valence-electron chi connectivity index (χ2n) is 13.9. The summed E-state index contributed by atoms with van der Waals surface area (Å²) in [6.07, 6.45) is 50.6. The number of ether oxygens (including phenoxy) is 3. The van der Waals surface area contributed by atoms with E-state index in [0.717, 1.165) is 77.0 Å². The fourth-order valence-electron chi connectivity index (χ4n) is 5.52. The average molecular weight is 739 g/mol. The number of rotatable bonds is 37. The average Bonchev–Trinajstić information content (AvgIpc) is 3.15. The highest BCUT2D eigenvalue weighted by molar-refractivity contribution is 5.71. The quantitative estimate of drug-likeness (QED) is 0.0273. The number of carbonyl (C=O) groups is 3. The fourth-order valence-corrected chi connectivity index (χ4v) is 5.52. The monoisotopic (exact) mass is 739 g/mol. The van der Waals surface area contributed by atoms with Crippen molar-refractivity contribution in [2.24, 2.45) is 0 Å². The number of esters is 3. The number of unbranched alkanes of at least 4 members (excludes halogenated alkanes) is 14. The Balaban J connectivity index is 4.41. The Kier molecular flexibility index (Phi) is 39.1. The SMILES string of the molecule is CC/C=C\C/C=C\C/C=C\C/C=C\C/C=C\C/C=C\CCC(=O)OCC(COC(=O)CCCCCCCCC)OC(=O)CCCCCCCCCCC. The first kappa shape index (κ1) is 49.9. The molecular formula is C47H78O6. The molecule has 0 aliphatic carbocycles. The zero-order valence-corrected chi connectivity index (χ0v) is 34.3. The molecule has 0 rings (SSSR count). The van der Waals surface area contributed by atoms with Crippen molar-refractivity contribution < 1.29 is 28.6 Å². The van der Waals surface area contributed by atoms with Gasteiger partial charge in [-0.15, -0.1) is 0 Å². The molecule has 0 fully saturated rings. The topological polar surface area (TPSA) is 78.9 Å². The molecule has 0 saturated heterocycles. The summed E-state index contributed by atoms with van der Waals surface area (Å²) in [5, 5.41) is 0. The van der Waals surface area contributed by atoms with Crippen molar-refractivity contribution in [2.75, 3.05) is 13.2 Å². The molecule has 53 heavy (non-hydrogen) atoms. The molecule has 6 nitrogen and oxygen atoms in total. The summed E-state index contributed by atoms with van der Waals surface area (Å²) in [6, 6.07) is 0. The van der Waals surface area contributed by atoms with Crippen LogP contribution in [-0.2, 0) is 28.6 Å². The van der Waals surface area contributed by atoms with Crippen LogP contribution in [0.2, 0.25) is 0 Å². The van der Waals surface area contributed by atoms with E-state index in [1.807, 2.05) is 12.2 Å². The van der Waals surface area contributed by atoms with Gasteiger partial charge in [0.1, 0.15) is 13.2 Å². The van der Waals surface area contributed by atoms with Crippen LogP contribution in [0.1, 0.15) is 188 Å². The minimum Gasteiger partial charge on any atom is -0.462 e. The van der Waals surface area contributed by atoms with Gasteiger partial charge < -0.3 is 14.2 Å². The molecule has 0 saturated carbocycles. The highest BCUT2D eigenvalue weighted by Gasteiger charge is 2.19. The normalized spacial score (nSPS) is 12.7. The van der Waals surface area contributed by atoms with Gasteiger partial charge in [-0.2, -0.15) is 0 Å². The van der Waals surface area contributed by atoms with Crippen LogP contribution in [0.5, 0.6) is 0 Å². The van der Waals surface area contributed by atoms with E-state index in [1.165, 1.54) is 64.2 Å². The van der Waals surface area contributed by atoms with E-state index in [0.29, 0.717) is 19.3 Å². The Morgan fingerprint density at radius 3 is 1.15 bits per heavy atom. The van der Waals surface area contributed by atoms with Crippen LogP contribution in [0.25, 0.3) is 0 Å². The lowest BCUT2D eigenvalue weighted by atomic mass is 10.1. The van der Waals surface area contributed by atoms with Gasteiger partial charge in [-0.1, -0.05) is 184 Å². The van der Waals surface area contributed by atoms with Crippen LogP contribution in [-0.4, -0.2) is 37.2 Å². The van der Waals surface area contributed by atoms with Gasteiger partial charge in [0.25, 0.3) is 0 Å². The smallest absolute Gasteiger partial charge is 0.306 e. The molecule has 0 aliphatic heterocycles. The lowest BCUT2D eigenvalue weighted by Crippen LogP contribution is -2.30. The van der Waals surface area contributed by atoms with Gasteiger partial charge in [0.05, 0.1) is 0 Å². The Bertz CT molecular complexity index is 1030. The first-order valence-corrected chi connectivity index (χ1v) is 21.4. The lowest BCUT2D eigenvalue weighted by Gasteiger charge is -2.18. The van der Waals surface area contributed by atoms with Crippen molar-refractivity contribution in [3.05, 3.63) is 72.9 Å². The van der Waals surface area contributed by atoms with Crippen molar-refractivity contribution >= 4 is 17.9 Å². The highest BCUT2D eigenvalue weighted by Crippen LogP contribution is 2.13. The summed E-state index contributed by atoms with van der Waals surface area (Å²) in [4.78, 5) is 37.4. The molecule has 1 unspecified atom stereocenters. The molecule has 0 amide bonds. The largest absolute Gasteiger partial charge is 0.462 e. The molecule has 1 atom stereocenters. The molecule has 0 aromatic heterocycles. The number of allylic oxidation sites excluding steroid dienone is 12. The first-order valence-electron chi connectivity index (χ1n) is 21.4. The minimum atomic E-state index is -0.797. The van der Waals surface area contributed by atoms with E-state index in [2.05, 4.69) is 81.5 Å². The zero-order chi connectivity index (χ0) is 38.7. The van der Waals surface area contributed by atoms with Crippen molar-refractivity contribution in [3.8, 4) is 0 Å². The molecule has 302 valence electrons. The Morgan fingerprint density at radius 1 is 0.396 bits per heavy atom. The van der Waals surface area contributed by atoms with Gasteiger partial charge in [-0.05, 0) is 57.8 Å². The Hall–Kier alpha value is -3.15. The fraction of sp³-hybridized carbons (Fsp3) is 0.681. The third-order valence-corrected chi connectivity index (χ3v) is 8.74. The lowest BCUT2D eigenvalue weighted by molar-refractivity contribution is -0.166. The summed E-state index contributed by atoms with van der Waals surface area (Å²) < 4.78 is 16.5. The van der Waals surface area contributed by atoms with Crippen LogP contribution in [0, 0.1) is 0 Å². The van der Waals surface area contributed by atoms with Crippen molar-refractivity contribution in [1.29, 1.82) is 0 Å². The predicted molar refractivity (Wildman–Crippen MR) is 224 cm³/mol. The van der Waals surface area contributed by atoms with Crippen molar-refractivity contribution in [3.63, 3.8) is 0 Å². The molecular weight excluding hydrogens is 661 g/mol. The zero-order valence-electron chi connectivity index (χ0n) is 34.3. The van der Waals surface area contributed by atoms with E-state index in [-0.39, 0.29) is 37.5 Å². The standard InChI is InChI=1S/C47H78O6/c1-4-7-10-13-16-18-19-20-21-22-23-24-25-26-27-29-31-34-37-40-46(49)52-43-44(42-51-45(48)39-36-33-30-15-12-9-6-3)53-47(50)41-38-35-32-28-17-14-11-8-5-2/h7,10,16,18,20-21,23-24,26-27,31,34,44H,4-6,8-9,11-15,17,19,22,25,28-30,32-33,35-43H2,1-3H3/b10-7-,18-16-,21-20-,24-23-,27-26-,34-31-. The van der Waals surface area contributed by atoms with Crippen molar-refractivity contribution in [1.82, 2.24) is 0 Å². The van der Waals surface area contributed by atoms with Gasteiger partial charge in [0, 0.05) is 19.3 Å². The Morgan fingerprint density at radius 2 is 0.736 bits per heavy atom. The van der Waals surface area contributed by atoms with E-state index in [9.17, 15) is 14.4 Å². The van der Waals surface area contributed by atoms with Crippen LogP contribution in [0.15, 0.2) is 72.9 Å². The number of carbonyl (C=O) groups excluding carboxylic acids is 3. The Labute approximate surface area is 325 Å². The van der Waals surface area contributed by atoms with Crippen LogP contribution >= 0.6 is 0 Å². The maximum atomic E-state index is 12.6. The van der Waals surface area contributed by atoms with Crippen molar-refractivity contribution in [2.45, 2.75) is 194 Å². The summed E-state index contributed by atoms with van der Waals surface area (Å²) in [5.74, 6) is -1.00. The molecule has 0 aromatic rings. The number of hydrogen-bond acceptors (Lipinski definition) is 6. The second-order valence-corrected chi connectivity index (χ2v) is 13.9. The molecule has 0 bridgehead atoms. The van der Waals surface area contributed by atoms with E-state index in [1.54, 1.807) is 0 Å². The second kappa shape index (κ2) is 41.6. The highest BCUT2D eigenvalue weighted by atomic mass is 16.6. The van der Waals surface area contributed by atoms with Gasteiger partial charge >= 0.3 is 17.9 Å². The van der Waals surface area contributed by atoms with E-state index >= 15 is 0 Å². The summed E-state index contributed by atoms with van der Waals surface area (Å²) in [7, 11) is 0. The van der Waals surface area contributed by atoms with E-state index < -0.39 is 6.10 Å². The number of hydrogen-bond donors (Lipinski definition) is 0. The van der Waals surface area contributed by atoms with Gasteiger partial charge in [0.15, 0.2) is 6.10 Å². The predicted octanol–water partition coefficient (Wildman–Crippen LogP) is 13.5. The summed E-state index contributed by atoms with van der Waals surface area (Å²) in [5.41, 5.74) is 0. The van der Waals surface area contributed by atoms with Crippen LogP contribution in [0.3, 0.4) is 0 Å². The molecule has 6 heteroatoms. The molecule has 0 radical (unpaired) electrons. The maximum absolute atomic E-state index is 12.6. The summed E-state index contributed by atoms with van der Waals surface area (Å²) >= 11 is 0.